The van der Waals surface area contributed by atoms with Gasteiger partial charge in [0.2, 0.25) is 0 Å². The lowest BCUT2D eigenvalue weighted by Gasteiger charge is -2.27. The lowest BCUT2D eigenvalue weighted by molar-refractivity contribution is 0.0778. The molecule has 1 aliphatic rings. The molecule has 4 heteroatoms. The molecule has 0 aliphatic carbocycles. The van der Waals surface area contributed by atoms with Crippen molar-refractivity contribution >= 4 is 0 Å². The average Bonchev–Trinajstić information content (AvgIpc) is 2.83. The monoisotopic (exact) mass is 255 g/mol. The number of ether oxygens (including phenoxy) is 1. The SMILES string of the molecule is CCC1OCCC1C(NC)c1cc(F)ccc1F. The van der Waals surface area contributed by atoms with Crippen LogP contribution in [0.5, 0.6) is 0 Å². The smallest absolute Gasteiger partial charge is 0.128 e. The number of hydrogen-bond donors (Lipinski definition) is 1. The molecule has 2 rings (SSSR count). The zero-order chi connectivity index (χ0) is 13.1. The van der Waals surface area contributed by atoms with Gasteiger partial charge in [0.25, 0.3) is 0 Å². The van der Waals surface area contributed by atoms with Crippen LogP contribution in [0.2, 0.25) is 0 Å². The Labute approximate surface area is 106 Å². The number of rotatable bonds is 4. The molecule has 1 fully saturated rings. The van der Waals surface area contributed by atoms with Crippen molar-refractivity contribution in [1.29, 1.82) is 0 Å². The van der Waals surface area contributed by atoms with Crippen LogP contribution in [-0.4, -0.2) is 19.8 Å². The summed E-state index contributed by atoms with van der Waals surface area (Å²) in [7, 11) is 1.78. The maximum Gasteiger partial charge on any atom is 0.128 e. The van der Waals surface area contributed by atoms with E-state index in [2.05, 4.69) is 12.2 Å². The Hall–Kier alpha value is -1.00. The van der Waals surface area contributed by atoms with Crippen molar-refractivity contribution in [1.82, 2.24) is 5.32 Å². The van der Waals surface area contributed by atoms with Crippen molar-refractivity contribution in [3.63, 3.8) is 0 Å². The highest BCUT2D eigenvalue weighted by molar-refractivity contribution is 5.23. The van der Waals surface area contributed by atoms with Gasteiger partial charge < -0.3 is 10.1 Å². The zero-order valence-electron chi connectivity index (χ0n) is 10.7. The Balaban J connectivity index is 2.30. The molecule has 0 amide bonds. The fourth-order valence-corrected chi connectivity index (χ4v) is 2.82. The summed E-state index contributed by atoms with van der Waals surface area (Å²) in [6.45, 7) is 2.75. The molecule has 0 spiro atoms. The van der Waals surface area contributed by atoms with Gasteiger partial charge in [-0.2, -0.15) is 0 Å². The van der Waals surface area contributed by atoms with Crippen molar-refractivity contribution in [2.75, 3.05) is 13.7 Å². The van der Waals surface area contributed by atoms with Crippen LogP contribution in [0.1, 0.15) is 31.4 Å². The predicted octanol–water partition coefficient (Wildman–Crippen LogP) is 3.04. The van der Waals surface area contributed by atoms with Crippen molar-refractivity contribution in [2.45, 2.75) is 31.9 Å². The number of hydrogen-bond acceptors (Lipinski definition) is 2. The van der Waals surface area contributed by atoms with Crippen LogP contribution in [0.25, 0.3) is 0 Å². The van der Waals surface area contributed by atoms with E-state index in [1.54, 1.807) is 7.05 Å². The van der Waals surface area contributed by atoms with Gasteiger partial charge in [-0.25, -0.2) is 8.78 Å². The molecule has 0 bridgehead atoms. The maximum absolute atomic E-state index is 13.8. The van der Waals surface area contributed by atoms with Crippen LogP contribution in [0, 0.1) is 17.6 Å². The van der Waals surface area contributed by atoms with Crippen molar-refractivity contribution in [3.8, 4) is 0 Å². The fraction of sp³-hybridized carbons (Fsp3) is 0.571. The Bertz CT molecular complexity index is 411. The van der Waals surface area contributed by atoms with E-state index in [-0.39, 0.29) is 23.9 Å². The molecule has 1 saturated heterocycles. The quantitative estimate of drug-likeness (QED) is 0.893. The van der Waals surface area contributed by atoms with Gasteiger partial charge in [-0.1, -0.05) is 6.92 Å². The number of halogens is 2. The molecule has 18 heavy (non-hydrogen) atoms. The molecule has 0 radical (unpaired) electrons. The summed E-state index contributed by atoms with van der Waals surface area (Å²) in [5.74, 6) is -0.576. The molecule has 1 aromatic carbocycles. The third-order valence-corrected chi connectivity index (χ3v) is 3.70. The van der Waals surface area contributed by atoms with E-state index in [1.165, 1.54) is 12.1 Å². The van der Waals surface area contributed by atoms with Gasteiger partial charge in [0.1, 0.15) is 11.6 Å². The van der Waals surface area contributed by atoms with Gasteiger partial charge >= 0.3 is 0 Å². The van der Waals surface area contributed by atoms with Crippen LogP contribution in [0.4, 0.5) is 8.78 Å². The van der Waals surface area contributed by atoms with Crippen LogP contribution in [0.15, 0.2) is 18.2 Å². The molecule has 3 atom stereocenters. The first-order valence-corrected chi connectivity index (χ1v) is 6.41. The minimum atomic E-state index is -0.404. The summed E-state index contributed by atoms with van der Waals surface area (Å²) in [5.41, 5.74) is 0.395. The van der Waals surface area contributed by atoms with E-state index in [1.807, 2.05) is 0 Å². The largest absolute Gasteiger partial charge is 0.378 e. The van der Waals surface area contributed by atoms with E-state index >= 15 is 0 Å². The second-order valence-corrected chi connectivity index (χ2v) is 4.70. The summed E-state index contributed by atoms with van der Waals surface area (Å²) >= 11 is 0. The molecule has 3 unspecified atom stereocenters. The van der Waals surface area contributed by atoms with Crippen LogP contribution in [-0.2, 0) is 4.74 Å². The molecule has 1 N–H and O–H groups in total. The minimum absolute atomic E-state index is 0.116. The summed E-state index contributed by atoms with van der Waals surface area (Å²) < 4.78 is 32.8. The van der Waals surface area contributed by atoms with E-state index in [4.69, 9.17) is 4.74 Å². The first kappa shape index (κ1) is 13.4. The Morgan fingerprint density at radius 1 is 1.44 bits per heavy atom. The Morgan fingerprint density at radius 3 is 2.89 bits per heavy atom. The van der Waals surface area contributed by atoms with E-state index in [0.29, 0.717) is 12.2 Å². The van der Waals surface area contributed by atoms with Gasteiger partial charge in [-0.15, -0.1) is 0 Å². The molecule has 1 aromatic rings. The van der Waals surface area contributed by atoms with Gasteiger partial charge in [0.15, 0.2) is 0 Å². The summed E-state index contributed by atoms with van der Waals surface area (Å²) in [4.78, 5) is 0. The first-order valence-electron chi connectivity index (χ1n) is 6.41. The Kier molecular flexibility index (Phi) is 4.30. The number of nitrogens with one attached hydrogen (secondary N) is 1. The highest BCUT2D eigenvalue weighted by Gasteiger charge is 2.34. The van der Waals surface area contributed by atoms with E-state index < -0.39 is 5.82 Å². The van der Waals surface area contributed by atoms with Gasteiger partial charge in [-0.3, -0.25) is 0 Å². The summed E-state index contributed by atoms with van der Waals surface area (Å²) in [6.07, 6.45) is 1.88. The van der Waals surface area contributed by atoms with Crippen molar-refractivity contribution < 1.29 is 13.5 Å². The molecule has 0 aromatic heterocycles. The summed E-state index contributed by atoms with van der Waals surface area (Å²) in [5, 5.41) is 3.11. The van der Waals surface area contributed by atoms with E-state index in [9.17, 15) is 8.78 Å². The second-order valence-electron chi connectivity index (χ2n) is 4.70. The standard InChI is InChI=1S/C14H19F2NO/c1-3-13-10(6-7-18-13)14(17-2)11-8-9(15)4-5-12(11)16/h4-5,8,10,13-14,17H,3,6-7H2,1-2H3. The molecular formula is C14H19F2NO. The maximum atomic E-state index is 13.8. The first-order chi connectivity index (χ1) is 8.67. The van der Waals surface area contributed by atoms with Crippen LogP contribution < -0.4 is 5.32 Å². The van der Waals surface area contributed by atoms with E-state index in [0.717, 1.165) is 18.9 Å². The molecule has 2 nitrogen and oxygen atoms in total. The zero-order valence-corrected chi connectivity index (χ0v) is 10.7. The molecular weight excluding hydrogens is 236 g/mol. The minimum Gasteiger partial charge on any atom is -0.378 e. The van der Waals surface area contributed by atoms with Crippen LogP contribution in [0.3, 0.4) is 0 Å². The predicted molar refractivity (Wildman–Crippen MR) is 66.3 cm³/mol. The average molecular weight is 255 g/mol. The fourth-order valence-electron chi connectivity index (χ4n) is 2.82. The summed E-state index contributed by atoms with van der Waals surface area (Å²) in [6, 6.07) is 3.41. The third kappa shape index (κ3) is 2.54. The van der Waals surface area contributed by atoms with Crippen molar-refractivity contribution in [2.24, 2.45) is 5.92 Å². The molecule has 0 saturated carbocycles. The highest BCUT2D eigenvalue weighted by atomic mass is 19.1. The van der Waals surface area contributed by atoms with Crippen LogP contribution >= 0.6 is 0 Å². The molecule has 1 aliphatic heterocycles. The molecule has 100 valence electrons. The highest BCUT2D eigenvalue weighted by Crippen LogP contribution is 2.35. The van der Waals surface area contributed by atoms with Gasteiger partial charge in [-0.05, 0) is 38.1 Å². The van der Waals surface area contributed by atoms with Gasteiger partial charge in [0.05, 0.1) is 6.10 Å². The number of benzene rings is 1. The second kappa shape index (κ2) is 5.76. The third-order valence-electron chi connectivity index (χ3n) is 3.70. The molecule has 1 heterocycles. The lowest BCUT2D eigenvalue weighted by Crippen LogP contribution is -2.31. The van der Waals surface area contributed by atoms with Crippen molar-refractivity contribution in [3.05, 3.63) is 35.4 Å². The lowest BCUT2D eigenvalue weighted by atomic mass is 9.86. The van der Waals surface area contributed by atoms with Gasteiger partial charge in [0, 0.05) is 24.1 Å². The normalized spacial score (nSPS) is 25.3. The Morgan fingerprint density at radius 2 is 2.22 bits per heavy atom. The topological polar surface area (TPSA) is 21.3 Å².